The first-order valence-electron chi connectivity index (χ1n) is 10.7. The summed E-state index contributed by atoms with van der Waals surface area (Å²) in [5, 5.41) is 5.48. The van der Waals surface area contributed by atoms with E-state index in [9.17, 15) is 13.2 Å². The van der Waals surface area contributed by atoms with Crippen molar-refractivity contribution in [3.63, 3.8) is 0 Å². The Kier molecular flexibility index (Phi) is 8.97. The van der Waals surface area contributed by atoms with Crippen LogP contribution in [0.3, 0.4) is 0 Å². The van der Waals surface area contributed by atoms with E-state index in [1.54, 1.807) is 24.3 Å². The number of anilines is 2. The molecule has 0 aliphatic heterocycles. The van der Waals surface area contributed by atoms with Gasteiger partial charge in [0.2, 0.25) is 5.88 Å². The third-order valence-corrected chi connectivity index (χ3v) is 6.11. The van der Waals surface area contributed by atoms with Crippen molar-refractivity contribution in [2.24, 2.45) is 0 Å². The predicted octanol–water partition coefficient (Wildman–Crippen LogP) is 3.21. The summed E-state index contributed by atoms with van der Waals surface area (Å²) in [6.07, 6.45) is 0.852. The number of nitrogens with one attached hydrogen (secondary N) is 3. The van der Waals surface area contributed by atoms with Crippen molar-refractivity contribution in [1.82, 2.24) is 15.3 Å². The first-order valence-corrected chi connectivity index (χ1v) is 12.6. The van der Waals surface area contributed by atoms with Crippen LogP contribution in [-0.2, 0) is 10.0 Å². The summed E-state index contributed by atoms with van der Waals surface area (Å²) in [5.41, 5.74) is 0.864. The summed E-state index contributed by atoms with van der Waals surface area (Å²) < 4.78 is 43.4. The molecule has 0 aliphatic rings. The van der Waals surface area contributed by atoms with Crippen LogP contribution in [0.1, 0.15) is 23.7 Å². The number of benzene rings is 2. The number of carbonyl (C=O) groups is 1. The molecular weight excluding hydrogens is 506 g/mol. The van der Waals surface area contributed by atoms with Gasteiger partial charge in [-0.25, -0.2) is 8.42 Å². The number of rotatable bonds is 10. The van der Waals surface area contributed by atoms with Gasteiger partial charge in [-0.2, -0.15) is 9.97 Å². The van der Waals surface area contributed by atoms with Crippen LogP contribution in [0.15, 0.2) is 59.5 Å². The van der Waals surface area contributed by atoms with Gasteiger partial charge < -0.3 is 19.5 Å². The number of aromatic nitrogens is 2. The Morgan fingerprint density at radius 1 is 1.03 bits per heavy atom. The summed E-state index contributed by atoms with van der Waals surface area (Å²) in [6, 6.07) is 13.8. The summed E-state index contributed by atoms with van der Waals surface area (Å²) in [7, 11) is -1.23. The molecule has 0 fully saturated rings. The molecule has 36 heavy (non-hydrogen) atoms. The minimum atomic E-state index is -3.97. The largest absolute Gasteiger partial charge is 0.494 e. The first kappa shape index (κ1) is 26.6. The molecule has 1 heterocycles. The zero-order valence-corrected chi connectivity index (χ0v) is 21.4. The van der Waals surface area contributed by atoms with Crippen LogP contribution < -0.4 is 29.6 Å². The zero-order chi connectivity index (χ0) is 26.1. The molecule has 2 aromatic carbocycles. The van der Waals surface area contributed by atoms with Crippen LogP contribution in [0.2, 0.25) is 0 Å². The van der Waals surface area contributed by atoms with Gasteiger partial charge in [-0.05, 0) is 61.1 Å². The lowest BCUT2D eigenvalue weighted by atomic mass is 10.2. The maximum atomic E-state index is 12.8. The molecule has 0 saturated carbocycles. The number of methoxy groups -OCH3 is 2. The van der Waals surface area contributed by atoms with E-state index in [2.05, 4.69) is 25.3 Å². The summed E-state index contributed by atoms with van der Waals surface area (Å²) >= 11 is 5.21. The fraction of sp³-hybridized carbons (Fsp3) is 0.217. The maximum Gasteiger partial charge on any atom is 0.321 e. The average Bonchev–Trinajstić information content (AvgIpc) is 2.87. The minimum absolute atomic E-state index is 0.0195. The molecule has 0 aliphatic carbocycles. The highest BCUT2D eigenvalue weighted by Gasteiger charge is 2.17. The van der Waals surface area contributed by atoms with E-state index in [-0.39, 0.29) is 27.7 Å². The van der Waals surface area contributed by atoms with Crippen LogP contribution >= 0.6 is 12.2 Å². The van der Waals surface area contributed by atoms with Crippen molar-refractivity contribution in [2.45, 2.75) is 18.2 Å². The van der Waals surface area contributed by atoms with Gasteiger partial charge in [0, 0.05) is 17.3 Å². The number of carbonyl (C=O) groups excluding carboxylic acids is 1. The highest BCUT2D eigenvalue weighted by Crippen LogP contribution is 2.21. The summed E-state index contributed by atoms with van der Waals surface area (Å²) in [6.45, 7) is 2.54. The van der Waals surface area contributed by atoms with Crippen molar-refractivity contribution in [2.75, 3.05) is 30.9 Å². The van der Waals surface area contributed by atoms with Crippen LogP contribution in [0.4, 0.5) is 11.5 Å². The van der Waals surface area contributed by atoms with Crippen molar-refractivity contribution >= 4 is 44.8 Å². The molecule has 0 bridgehead atoms. The number of hydrogen-bond donors (Lipinski definition) is 3. The molecule has 13 heteroatoms. The van der Waals surface area contributed by atoms with Gasteiger partial charge in [0.1, 0.15) is 5.75 Å². The van der Waals surface area contributed by atoms with Crippen molar-refractivity contribution in [3.8, 4) is 17.6 Å². The van der Waals surface area contributed by atoms with E-state index in [1.807, 2.05) is 6.92 Å². The van der Waals surface area contributed by atoms with Crippen molar-refractivity contribution < 1.29 is 27.4 Å². The Morgan fingerprint density at radius 2 is 1.78 bits per heavy atom. The molecule has 1 amide bonds. The molecule has 0 saturated heterocycles. The quantitative estimate of drug-likeness (QED) is 0.334. The monoisotopic (exact) mass is 531 g/mol. The minimum Gasteiger partial charge on any atom is -0.494 e. The van der Waals surface area contributed by atoms with E-state index in [4.69, 9.17) is 26.4 Å². The van der Waals surface area contributed by atoms with Crippen molar-refractivity contribution in [3.05, 3.63) is 60.2 Å². The maximum absolute atomic E-state index is 12.8. The molecule has 0 atom stereocenters. The van der Waals surface area contributed by atoms with Crippen LogP contribution in [0.25, 0.3) is 0 Å². The second-order valence-corrected chi connectivity index (χ2v) is 9.29. The van der Waals surface area contributed by atoms with Crippen LogP contribution in [-0.4, -0.2) is 50.2 Å². The lowest BCUT2D eigenvalue weighted by molar-refractivity contribution is 0.0977. The molecule has 0 radical (unpaired) electrons. The molecular formula is C23H25N5O6S2. The highest BCUT2D eigenvalue weighted by molar-refractivity contribution is 7.92. The highest BCUT2D eigenvalue weighted by atomic mass is 32.2. The molecule has 190 valence electrons. The average molecular weight is 532 g/mol. The third-order valence-electron chi connectivity index (χ3n) is 4.53. The van der Waals surface area contributed by atoms with E-state index >= 15 is 0 Å². The number of ether oxygens (including phenoxy) is 3. The fourth-order valence-corrected chi connectivity index (χ4v) is 4.05. The van der Waals surface area contributed by atoms with Crippen LogP contribution in [0, 0.1) is 0 Å². The Labute approximate surface area is 214 Å². The zero-order valence-electron chi connectivity index (χ0n) is 19.8. The smallest absolute Gasteiger partial charge is 0.321 e. The molecule has 11 nitrogen and oxygen atoms in total. The normalized spacial score (nSPS) is 10.8. The predicted molar refractivity (Wildman–Crippen MR) is 138 cm³/mol. The van der Waals surface area contributed by atoms with E-state index < -0.39 is 15.9 Å². The number of amides is 1. The van der Waals surface area contributed by atoms with Gasteiger partial charge in [-0.15, -0.1) is 0 Å². The Morgan fingerprint density at radius 3 is 2.44 bits per heavy atom. The molecule has 0 unspecified atom stereocenters. The van der Waals surface area contributed by atoms with Crippen LogP contribution in [0.5, 0.6) is 17.6 Å². The molecule has 3 rings (SSSR count). The SMILES string of the molecule is CCCOc1cccc(C(=O)NC(=S)Nc2ccc(S(=O)(=O)Nc3cc(OC)nc(OC)n3)cc2)c1. The third kappa shape index (κ3) is 7.26. The number of hydrogen-bond acceptors (Lipinski definition) is 9. The Balaban J connectivity index is 1.63. The molecule has 3 N–H and O–H groups in total. The number of thiocarbonyl (C=S) groups is 1. The van der Waals surface area contributed by atoms with Gasteiger partial charge in [-0.3, -0.25) is 14.8 Å². The second-order valence-electron chi connectivity index (χ2n) is 7.20. The second kappa shape index (κ2) is 12.1. The number of sulfonamides is 1. The van der Waals surface area contributed by atoms with E-state index in [0.29, 0.717) is 23.6 Å². The van der Waals surface area contributed by atoms with E-state index in [0.717, 1.165) is 6.42 Å². The summed E-state index contributed by atoms with van der Waals surface area (Å²) in [5.74, 6) is 0.296. The van der Waals surface area contributed by atoms with Gasteiger partial charge >= 0.3 is 6.01 Å². The molecule has 0 spiro atoms. The van der Waals surface area contributed by atoms with Gasteiger partial charge in [0.15, 0.2) is 10.9 Å². The summed E-state index contributed by atoms with van der Waals surface area (Å²) in [4.78, 5) is 20.4. The number of nitrogens with zero attached hydrogens (tertiary/aromatic N) is 2. The van der Waals surface area contributed by atoms with Gasteiger partial charge in [0.25, 0.3) is 15.9 Å². The van der Waals surface area contributed by atoms with E-state index in [1.165, 1.54) is 44.6 Å². The Bertz CT molecular complexity index is 1310. The lowest BCUT2D eigenvalue weighted by Gasteiger charge is -2.12. The van der Waals surface area contributed by atoms with Gasteiger partial charge in [-0.1, -0.05) is 13.0 Å². The fourth-order valence-electron chi connectivity index (χ4n) is 2.85. The standard InChI is InChI=1S/C23H25N5O6S2/c1-4-12-34-17-7-5-6-15(13-17)21(29)27-23(35)24-16-8-10-18(11-9-16)36(30,31)28-19-14-20(32-2)26-22(25-19)33-3/h5-11,13-14H,4,12H2,1-3H3,(H,25,26,28)(H2,24,27,29,35). The first-order chi connectivity index (χ1) is 17.2. The topological polar surface area (TPSA) is 141 Å². The lowest BCUT2D eigenvalue weighted by Crippen LogP contribution is -2.34. The molecule has 3 aromatic rings. The van der Waals surface area contributed by atoms with Gasteiger partial charge in [0.05, 0.1) is 25.7 Å². The molecule has 1 aromatic heterocycles. The Hall–Kier alpha value is -3.97. The van der Waals surface area contributed by atoms with Crippen molar-refractivity contribution in [1.29, 1.82) is 0 Å².